The summed E-state index contributed by atoms with van der Waals surface area (Å²) >= 11 is 0. The fourth-order valence-electron chi connectivity index (χ4n) is 2.95. The Morgan fingerprint density at radius 3 is 2.53 bits per heavy atom. The van der Waals surface area contributed by atoms with Gasteiger partial charge in [-0.2, -0.15) is 0 Å². The molecule has 0 aromatic carbocycles. The van der Waals surface area contributed by atoms with Crippen molar-refractivity contribution in [1.82, 2.24) is 15.1 Å². The molecule has 1 rings (SSSR count). The molecule has 0 saturated carbocycles. The number of nitrogens with one attached hydrogen (secondary N) is 1. The lowest BCUT2D eigenvalue weighted by atomic mass is 9.84. The Balaban J connectivity index is 2.48. The molecule has 0 amide bonds. The number of hydrogen-bond donors (Lipinski definition) is 1. The van der Waals surface area contributed by atoms with Gasteiger partial charge in [0.2, 0.25) is 0 Å². The van der Waals surface area contributed by atoms with Gasteiger partial charge >= 0.3 is 0 Å². The van der Waals surface area contributed by atoms with Crippen LogP contribution in [0.4, 0.5) is 0 Å². The zero-order valence-electron chi connectivity index (χ0n) is 14.0. The minimum absolute atomic E-state index is 0.337. The molecule has 0 radical (unpaired) electrons. The summed E-state index contributed by atoms with van der Waals surface area (Å²) in [5, 5.41) is 3.66. The summed E-state index contributed by atoms with van der Waals surface area (Å²) < 4.78 is 0. The fourth-order valence-corrected chi connectivity index (χ4v) is 2.95. The zero-order valence-corrected chi connectivity index (χ0v) is 14.0. The highest BCUT2D eigenvalue weighted by Gasteiger charge is 2.31. The second-order valence-electron chi connectivity index (χ2n) is 6.94. The fraction of sp³-hybridized carbons (Fsp3) is 1.00. The van der Waals surface area contributed by atoms with Crippen LogP contribution in [0.1, 0.15) is 47.5 Å². The lowest BCUT2D eigenvalue weighted by Crippen LogP contribution is -2.55. The molecule has 0 spiro atoms. The van der Waals surface area contributed by atoms with Crippen LogP contribution in [-0.4, -0.2) is 61.7 Å². The third-order valence-corrected chi connectivity index (χ3v) is 4.84. The van der Waals surface area contributed by atoms with Crippen molar-refractivity contribution < 1.29 is 0 Å². The highest BCUT2D eigenvalue weighted by atomic mass is 15.3. The van der Waals surface area contributed by atoms with E-state index in [1.54, 1.807) is 0 Å². The van der Waals surface area contributed by atoms with Crippen molar-refractivity contribution in [2.24, 2.45) is 5.41 Å². The third kappa shape index (κ3) is 5.05. The van der Waals surface area contributed by atoms with E-state index in [9.17, 15) is 0 Å². The van der Waals surface area contributed by atoms with E-state index in [4.69, 9.17) is 0 Å². The maximum Gasteiger partial charge on any atom is 0.0218 e. The molecular weight excluding hydrogens is 234 g/mol. The molecule has 1 fully saturated rings. The second-order valence-corrected chi connectivity index (χ2v) is 6.94. The molecule has 1 aliphatic heterocycles. The predicted molar refractivity (Wildman–Crippen MR) is 84.7 cm³/mol. The Hall–Kier alpha value is -0.120. The van der Waals surface area contributed by atoms with Gasteiger partial charge in [-0.3, -0.25) is 4.90 Å². The smallest absolute Gasteiger partial charge is 0.0218 e. The van der Waals surface area contributed by atoms with Gasteiger partial charge in [-0.1, -0.05) is 27.7 Å². The standard InChI is InChI=1S/C16H35N3/c1-7-9-17-14(3)16(4,5)13-19-11-10-18(6)15(8-2)12-19/h14-15,17H,7-13H2,1-6H3. The van der Waals surface area contributed by atoms with E-state index in [1.807, 2.05) is 0 Å². The molecule has 2 atom stereocenters. The normalized spacial score (nSPS) is 24.6. The van der Waals surface area contributed by atoms with E-state index in [0.29, 0.717) is 11.5 Å². The van der Waals surface area contributed by atoms with Crippen LogP contribution in [0.2, 0.25) is 0 Å². The van der Waals surface area contributed by atoms with Crippen LogP contribution in [0.15, 0.2) is 0 Å². The van der Waals surface area contributed by atoms with Crippen molar-refractivity contribution in [3.63, 3.8) is 0 Å². The molecule has 0 aliphatic carbocycles. The Bertz CT molecular complexity index is 252. The van der Waals surface area contributed by atoms with Crippen LogP contribution in [0.3, 0.4) is 0 Å². The van der Waals surface area contributed by atoms with Crippen molar-refractivity contribution in [3.8, 4) is 0 Å². The molecule has 3 heteroatoms. The van der Waals surface area contributed by atoms with Crippen molar-refractivity contribution in [2.75, 3.05) is 39.8 Å². The summed E-state index contributed by atoms with van der Waals surface area (Å²) in [6, 6.07) is 1.32. The number of likely N-dealkylation sites (N-methyl/N-ethyl adjacent to an activating group) is 1. The summed E-state index contributed by atoms with van der Waals surface area (Å²) in [5.74, 6) is 0. The van der Waals surface area contributed by atoms with Gasteiger partial charge in [0.25, 0.3) is 0 Å². The van der Waals surface area contributed by atoms with Gasteiger partial charge in [0.05, 0.1) is 0 Å². The van der Waals surface area contributed by atoms with Crippen LogP contribution in [0.25, 0.3) is 0 Å². The van der Waals surface area contributed by atoms with Crippen molar-refractivity contribution in [1.29, 1.82) is 0 Å². The lowest BCUT2D eigenvalue weighted by Gasteiger charge is -2.44. The molecule has 1 aliphatic rings. The molecule has 1 saturated heterocycles. The van der Waals surface area contributed by atoms with Gasteiger partial charge in [-0.25, -0.2) is 0 Å². The Morgan fingerprint density at radius 1 is 1.26 bits per heavy atom. The van der Waals surface area contributed by atoms with Crippen LogP contribution < -0.4 is 5.32 Å². The van der Waals surface area contributed by atoms with Crippen molar-refractivity contribution >= 4 is 0 Å². The maximum atomic E-state index is 3.66. The molecule has 0 aromatic rings. The lowest BCUT2D eigenvalue weighted by molar-refractivity contribution is 0.0562. The zero-order chi connectivity index (χ0) is 14.5. The molecule has 1 N–H and O–H groups in total. The number of hydrogen-bond acceptors (Lipinski definition) is 3. The second kappa shape index (κ2) is 7.61. The predicted octanol–water partition coefficient (Wildman–Crippen LogP) is 2.43. The first-order valence-corrected chi connectivity index (χ1v) is 8.06. The topological polar surface area (TPSA) is 18.5 Å². The number of nitrogens with zero attached hydrogens (tertiary/aromatic N) is 2. The maximum absolute atomic E-state index is 3.66. The molecular formula is C16H35N3. The quantitative estimate of drug-likeness (QED) is 0.766. The average Bonchev–Trinajstić information content (AvgIpc) is 2.37. The summed E-state index contributed by atoms with van der Waals surface area (Å²) in [4.78, 5) is 5.18. The van der Waals surface area contributed by atoms with Crippen molar-refractivity contribution in [3.05, 3.63) is 0 Å². The van der Waals surface area contributed by atoms with Gasteiger partial charge in [0.1, 0.15) is 0 Å². The third-order valence-electron chi connectivity index (χ3n) is 4.84. The van der Waals surface area contributed by atoms with E-state index in [1.165, 1.54) is 39.0 Å². The van der Waals surface area contributed by atoms with E-state index in [0.717, 1.165) is 12.6 Å². The molecule has 0 aromatic heterocycles. The molecule has 2 unspecified atom stereocenters. The van der Waals surface area contributed by atoms with E-state index < -0.39 is 0 Å². The Morgan fingerprint density at radius 2 is 1.95 bits per heavy atom. The molecule has 0 bridgehead atoms. The summed E-state index contributed by atoms with van der Waals surface area (Å²) in [5.41, 5.74) is 0.337. The first-order valence-electron chi connectivity index (χ1n) is 8.06. The average molecular weight is 269 g/mol. The van der Waals surface area contributed by atoms with Gasteiger partial charge in [0.15, 0.2) is 0 Å². The summed E-state index contributed by atoms with van der Waals surface area (Å²) in [6.45, 7) is 17.7. The van der Waals surface area contributed by atoms with Crippen LogP contribution >= 0.6 is 0 Å². The molecule has 19 heavy (non-hydrogen) atoms. The van der Waals surface area contributed by atoms with Gasteiger partial charge in [-0.05, 0) is 38.8 Å². The number of rotatable bonds is 7. The van der Waals surface area contributed by atoms with Gasteiger partial charge in [0, 0.05) is 38.3 Å². The molecule has 3 nitrogen and oxygen atoms in total. The number of piperazine rings is 1. The molecule has 1 heterocycles. The highest BCUT2D eigenvalue weighted by molar-refractivity contribution is 4.87. The first-order chi connectivity index (χ1) is 8.90. The largest absolute Gasteiger partial charge is 0.314 e. The Labute approximate surface area is 120 Å². The van der Waals surface area contributed by atoms with Crippen LogP contribution in [-0.2, 0) is 0 Å². The monoisotopic (exact) mass is 269 g/mol. The highest BCUT2D eigenvalue weighted by Crippen LogP contribution is 2.24. The summed E-state index contributed by atoms with van der Waals surface area (Å²) in [7, 11) is 2.27. The van der Waals surface area contributed by atoms with E-state index in [-0.39, 0.29) is 0 Å². The van der Waals surface area contributed by atoms with Crippen molar-refractivity contribution in [2.45, 2.75) is 59.5 Å². The van der Waals surface area contributed by atoms with E-state index in [2.05, 4.69) is 56.8 Å². The van der Waals surface area contributed by atoms with E-state index >= 15 is 0 Å². The van der Waals surface area contributed by atoms with Crippen LogP contribution in [0.5, 0.6) is 0 Å². The Kier molecular flexibility index (Phi) is 6.78. The van der Waals surface area contributed by atoms with Gasteiger partial charge in [-0.15, -0.1) is 0 Å². The summed E-state index contributed by atoms with van der Waals surface area (Å²) in [6.07, 6.45) is 2.48. The first kappa shape index (κ1) is 16.9. The minimum atomic E-state index is 0.337. The van der Waals surface area contributed by atoms with Gasteiger partial charge < -0.3 is 10.2 Å². The minimum Gasteiger partial charge on any atom is -0.314 e. The van der Waals surface area contributed by atoms with Crippen LogP contribution in [0, 0.1) is 5.41 Å². The SMILES string of the molecule is CCCNC(C)C(C)(C)CN1CCN(C)C(CC)C1. The molecule has 114 valence electrons.